The molecule has 1 amide bonds. The van der Waals surface area contributed by atoms with E-state index in [1.807, 2.05) is 91.9 Å². The van der Waals surface area contributed by atoms with Gasteiger partial charge in [0.15, 0.2) is 0 Å². The smallest absolute Gasteiger partial charge is 0.236 e. The Labute approximate surface area is 196 Å². The Morgan fingerprint density at radius 3 is 1.94 bits per heavy atom. The molecule has 0 saturated carbocycles. The van der Waals surface area contributed by atoms with Gasteiger partial charge < -0.3 is 5.32 Å². The topological polar surface area (TPSA) is 59.8 Å². The molecule has 5 nitrogen and oxygen atoms in total. The van der Waals surface area contributed by atoms with E-state index < -0.39 is 5.92 Å². The number of benzene rings is 4. The summed E-state index contributed by atoms with van der Waals surface area (Å²) in [5, 5.41) is 12.9. The van der Waals surface area contributed by atoms with Gasteiger partial charge in [-0.1, -0.05) is 72.3 Å². The van der Waals surface area contributed by atoms with Crippen LogP contribution in [0.4, 0.5) is 5.69 Å². The predicted molar refractivity (Wildman–Crippen MR) is 132 cm³/mol. The number of aromatic nitrogens is 3. The quantitative estimate of drug-likeness (QED) is 0.347. The standard InChI is InChI=1S/C27H21ClN4O/c1-18-16-24-25(31-32(30-24)22-14-12-21(28)13-15-22)17-23(18)29-27(33)26(19-8-4-2-5-9-19)20-10-6-3-7-11-20/h2-17,26H,1H3,(H,29,33). The third kappa shape index (κ3) is 4.36. The Morgan fingerprint density at radius 2 is 1.36 bits per heavy atom. The Balaban J connectivity index is 1.48. The van der Waals surface area contributed by atoms with Crippen LogP contribution >= 0.6 is 11.6 Å². The molecule has 33 heavy (non-hydrogen) atoms. The molecular weight excluding hydrogens is 432 g/mol. The zero-order valence-electron chi connectivity index (χ0n) is 17.9. The number of halogens is 1. The second-order valence-corrected chi connectivity index (χ2v) is 8.30. The second kappa shape index (κ2) is 8.88. The van der Waals surface area contributed by atoms with Crippen LogP contribution in [0.25, 0.3) is 16.7 Å². The van der Waals surface area contributed by atoms with Crippen molar-refractivity contribution < 1.29 is 4.79 Å². The summed E-state index contributed by atoms with van der Waals surface area (Å²) >= 11 is 5.99. The molecule has 1 N–H and O–H groups in total. The molecular formula is C27H21ClN4O. The first-order valence-electron chi connectivity index (χ1n) is 10.6. The van der Waals surface area contributed by atoms with Gasteiger partial charge >= 0.3 is 0 Å². The number of amides is 1. The maximum Gasteiger partial charge on any atom is 0.236 e. The monoisotopic (exact) mass is 452 g/mol. The van der Waals surface area contributed by atoms with Crippen molar-refractivity contribution in [1.29, 1.82) is 0 Å². The van der Waals surface area contributed by atoms with Gasteiger partial charge in [0.1, 0.15) is 11.0 Å². The Hall–Kier alpha value is -3.96. The Kier molecular flexibility index (Phi) is 5.63. The lowest BCUT2D eigenvalue weighted by Gasteiger charge is -2.18. The maximum absolute atomic E-state index is 13.5. The fourth-order valence-corrected chi connectivity index (χ4v) is 4.01. The third-order valence-electron chi connectivity index (χ3n) is 5.57. The third-order valence-corrected chi connectivity index (χ3v) is 5.82. The fraction of sp³-hybridized carbons (Fsp3) is 0.0741. The lowest BCUT2D eigenvalue weighted by molar-refractivity contribution is -0.116. The van der Waals surface area contributed by atoms with Gasteiger partial charge in [0.2, 0.25) is 5.91 Å². The van der Waals surface area contributed by atoms with Crippen LogP contribution in [0.2, 0.25) is 5.02 Å². The van der Waals surface area contributed by atoms with Gasteiger partial charge in [0, 0.05) is 10.7 Å². The number of hydrogen-bond donors (Lipinski definition) is 1. The van der Waals surface area contributed by atoms with E-state index in [-0.39, 0.29) is 5.91 Å². The first-order valence-corrected chi connectivity index (χ1v) is 11.0. The number of hydrogen-bond acceptors (Lipinski definition) is 3. The van der Waals surface area contributed by atoms with Crippen molar-refractivity contribution in [2.45, 2.75) is 12.8 Å². The summed E-state index contributed by atoms with van der Waals surface area (Å²) in [6.07, 6.45) is 0. The number of anilines is 1. The second-order valence-electron chi connectivity index (χ2n) is 7.87. The van der Waals surface area contributed by atoms with E-state index in [2.05, 4.69) is 15.5 Å². The van der Waals surface area contributed by atoms with Crippen LogP contribution in [0.1, 0.15) is 22.6 Å². The van der Waals surface area contributed by atoms with Crippen LogP contribution < -0.4 is 5.32 Å². The summed E-state index contributed by atoms with van der Waals surface area (Å²) in [6.45, 7) is 1.95. The number of fused-ring (bicyclic) bond motifs is 1. The molecule has 0 aliphatic carbocycles. The van der Waals surface area contributed by atoms with Gasteiger partial charge in [0.25, 0.3) is 0 Å². The highest BCUT2D eigenvalue weighted by Gasteiger charge is 2.23. The Bertz CT molecular complexity index is 1370. The lowest BCUT2D eigenvalue weighted by atomic mass is 9.90. The van der Waals surface area contributed by atoms with Crippen LogP contribution in [0, 0.1) is 6.92 Å². The number of carbonyl (C=O) groups excluding carboxylic acids is 1. The van der Waals surface area contributed by atoms with Crippen molar-refractivity contribution in [1.82, 2.24) is 15.0 Å². The van der Waals surface area contributed by atoms with E-state index in [9.17, 15) is 4.79 Å². The highest BCUT2D eigenvalue weighted by Crippen LogP contribution is 2.28. The largest absolute Gasteiger partial charge is 0.325 e. The number of nitrogens with zero attached hydrogens (tertiary/aromatic N) is 3. The summed E-state index contributed by atoms with van der Waals surface area (Å²) in [6, 6.07) is 30.7. The van der Waals surface area contributed by atoms with Gasteiger partial charge in [-0.05, 0) is 60.0 Å². The van der Waals surface area contributed by atoms with Crippen molar-refractivity contribution in [2.24, 2.45) is 0 Å². The van der Waals surface area contributed by atoms with Crippen LogP contribution in [0.3, 0.4) is 0 Å². The summed E-state index contributed by atoms with van der Waals surface area (Å²) < 4.78 is 0. The number of carbonyl (C=O) groups is 1. The van der Waals surface area contributed by atoms with Crippen LogP contribution in [0.15, 0.2) is 97.1 Å². The molecule has 162 valence electrons. The predicted octanol–water partition coefficient (Wildman–Crippen LogP) is 6.15. The summed E-state index contributed by atoms with van der Waals surface area (Å²) in [5.41, 5.74) is 5.77. The van der Waals surface area contributed by atoms with Gasteiger partial charge in [0.05, 0.1) is 11.6 Å². The SMILES string of the molecule is Cc1cc2nn(-c3ccc(Cl)cc3)nc2cc1NC(=O)C(c1ccccc1)c1ccccc1. The first-order chi connectivity index (χ1) is 16.1. The number of aryl methyl sites for hydroxylation is 1. The molecule has 6 heteroatoms. The van der Waals surface area contributed by atoms with E-state index in [4.69, 9.17) is 11.6 Å². The van der Waals surface area contributed by atoms with Crippen molar-refractivity contribution in [2.75, 3.05) is 5.32 Å². The molecule has 0 saturated heterocycles. The van der Waals surface area contributed by atoms with E-state index in [0.29, 0.717) is 16.2 Å². The van der Waals surface area contributed by atoms with Crippen molar-refractivity contribution in [3.8, 4) is 5.69 Å². The lowest BCUT2D eigenvalue weighted by Crippen LogP contribution is -2.22. The van der Waals surface area contributed by atoms with Gasteiger partial charge in [-0.15, -0.1) is 10.2 Å². The Morgan fingerprint density at radius 1 is 0.818 bits per heavy atom. The molecule has 1 heterocycles. The van der Waals surface area contributed by atoms with Gasteiger partial charge in [-0.25, -0.2) is 0 Å². The highest BCUT2D eigenvalue weighted by molar-refractivity contribution is 6.30. The minimum absolute atomic E-state index is 0.0973. The molecule has 5 aromatic rings. The zero-order chi connectivity index (χ0) is 22.8. The van der Waals surface area contributed by atoms with Crippen molar-refractivity contribution >= 4 is 34.2 Å². The average Bonchev–Trinajstić information content (AvgIpc) is 3.24. The fourth-order valence-electron chi connectivity index (χ4n) is 3.88. The highest BCUT2D eigenvalue weighted by atomic mass is 35.5. The first kappa shape index (κ1) is 20.9. The van der Waals surface area contributed by atoms with Crippen molar-refractivity contribution in [3.05, 3.63) is 119 Å². The van der Waals surface area contributed by atoms with Crippen LogP contribution in [-0.2, 0) is 4.79 Å². The molecule has 1 aromatic heterocycles. The molecule has 5 rings (SSSR count). The average molecular weight is 453 g/mol. The molecule has 0 atom stereocenters. The van der Waals surface area contributed by atoms with Gasteiger partial charge in [-0.3, -0.25) is 4.79 Å². The van der Waals surface area contributed by atoms with E-state index in [1.165, 1.54) is 0 Å². The molecule has 0 aliphatic heterocycles. The minimum atomic E-state index is -0.424. The summed E-state index contributed by atoms with van der Waals surface area (Å²) in [5.74, 6) is -0.521. The number of nitrogens with one attached hydrogen (secondary N) is 1. The minimum Gasteiger partial charge on any atom is -0.325 e. The van der Waals surface area contributed by atoms with Crippen LogP contribution in [0.5, 0.6) is 0 Å². The maximum atomic E-state index is 13.5. The van der Waals surface area contributed by atoms with E-state index in [0.717, 1.165) is 27.9 Å². The zero-order valence-corrected chi connectivity index (χ0v) is 18.7. The molecule has 0 aliphatic rings. The van der Waals surface area contributed by atoms with E-state index in [1.54, 1.807) is 16.9 Å². The number of rotatable bonds is 5. The molecule has 0 radical (unpaired) electrons. The van der Waals surface area contributed by atoms with Crippen LogP contribution in [-0.4, -0.2) is 20.9 Å². The summed E-state index contributed by atoms with van der Waals surface area (Å²) in [7, 11) is 0. The molecule has 0 unspecified atom stereocenters. The normalized spacial score (nSPS) is 11.1. The van der Waals surface area contributed by atoms with Crippen molar-refractivity contribution in [3.63, 3.8) is 0 Å². The molecule has 4 aromatic carbocycles. The molecule has 0 bridgehead atoms. The molecule has 0 fully saturated rings. The molecule has 0 spiro atoms. The van der Waals surface area contributed by atoms with E-state index >= 15 is 0 Å². The van der Waals surface area contributed by atoms with Gasteiger partial charge in [-0.2, -0.15) is 4.80 Å². The summed E-state index contributed by atoms with van der Waals surface area (Å²) in [4.78, 5) is 15.1.